The van der Waals surface area contributed by atoms with Gasteiger partial charge in [0.2, 0.25) is 11.8 Å². The molecule has 6 nitrogen and oxygen atoms in total. The van der Waals surface area contributed by atoms with Crippen molar-refractivity contribution in [1.29, 1.82) is 0 Å². The third-order valence-electron chi connectivity index (χ3n) is 6.45. The van der Waals surface area contributed by atoms with Crippen LogP contribution >= 0.6 is 0 Å². The van der Waals surface area contributed by atoms with E-state index < -0.39 is 5.41 Å². The number of methoxy groups -OCH3 is 1. The van der Waals surface area contributed by atoms with E-state index in [1.807, 2.05) is 28.0 Å². The minimum Gasteiger partial charge on any atom is -0.495 e. The molecule has 6 heteroatoms. The van der Waals surface area contributed by atoms with Crippen LogP contribution in [-0.4, -0.2) is 68.0 Å². The van der Waals surface area contributed by atoms with Crippen LogP contribution in [0.2, 0.25) is 0 Å². The molecule has 0 unspecified atom stereocenters. The largest absolute Gasteiger partial charge is 0.495 e. The Labute approximate surface area is 167 Å². The second-order valence-corrected chi connectivity index (χ2v) is 8.24. The molecule has 2 aliphatic heterocycles. The Morgan fingerprint density at radius 1 is 0.821 bits per heavy atom. The van der Waals surface area contributed by atoms with Crippen molar-refractivity contribution in [2.24, 2.45) is 5.41 Å². The van der Waals surface area contributed by atoms with Crippen molar-refractivity contribution in [2.75, 3.05) is 51.3 Å². The van der Waals surface area contributed by atoms with Gasteiger partial charge in [-0.15, -0.1) is 0 Å². The maximum absolute atomic E-state index is 13.3. The highest BCUT2D eigenvalue weighted by molar-refractivity contribution is 6.08. The van der Waals surface area contributed by atoms with Gasteiger partial charge >= 0.3 is 0 Å². The molecular formula is C22H31N3O3. The van der Waals surface area contributed by atoms with E-state index in [9.17, 15) is 9.59 Å². The number of anilines is 1. The topological polar surface area (TPSA) is 53.1 Å². The smallest absolute Gasteiger partial charge is 0.238 e. The molecular weight excluding hydrogens is 354 g/mol. The SMILES string of the molecule is COc1ccccc1N1CCN(C(=O)C2(C(=O)N3CCCCCC3)CC2)CC1. The van der Waals surface area contributed by atoms with Crippen LogP contribution in [0.5, 0.6) is 5.75 Å². The van der Waals surface area contributed by atoms with Gasteiger partial charge in [0, 0.05) is 39.3 Å². The van der Waals surface area contributed by atoms with Gasteiger partial charge in [0.05, 0.1) is 12.8 Å². The minimum atomic E-state index is -0.753. The van der Waals surface area contributed by atoms with E-state index in [1.54, 1.807) is 7.11 Å². The average molecular weight is 386 g/mol. The zero-order valence-electron chi connectivity index (χ0n) is 16.9. The van der Waals surface area contributed by atoms with Gasteiger partial charge in [-0.2, -0.15) is 0 Å². The summed E-state index contributed by atoms with van der Waals surface area (Å²) in [5.41, 5.74) is 0.315. The van der Waals surface area contributed by atoms with E-state index in [1.165, 1.54) is 12.8 Å². The predicted molar refractivity (Wildman–Crippen MR) is 109 cm³/mol. The highest BCUT2D eigenvalue weighted by Crippen LogP contribution is 2.49. The molecule has 28 heavy (non-hydrogen) atoms. The van der Waals surface area contributed by atoms with E-state index in [2.05, 4.69) is 11.0 Å². The van der Waals surface area contributed by atoms with Crippen LogP contribution < -0.4 is 9.64 Å². The number of likely N-dealkylation sites (tertiary alicyclic amines) is 1. The number of amides is 2. The van der Waals surface area contributed by atoms with Crippen LogP contribution in [0.4, 0.5) is 5.69 Å². The predicted octanol–water partition coefficient (Wildman–Crippen LogP) is 2.53. The Balaban J connectivity index is 1.39. The zero-order valence-corrected chi connectivity index (χ0v) is 16.9. The molecule has 1 aromatic carbocycles. The third-order valence-corrected chi connectivity index (χ3v) is 6.45. The first-order chi connectivity index (χ1) is 13.7. The number of ether oxygens (including phenoxy) is 1. The first-order valence-corrected chi connectivity index (χ1v) is 10.6. The highest BCUT2D eigenvalue weighted by Gasteiger charge is 2.59. The van der Waals surface area contributed by atoms with E-state index in [-0.39, 0.29) is 11.8 Å². The molecule has 4 rings (SSSR count). The number of benzene rings is 1. The number of rotatable bonds is 4. The maximum atomic E-state index is 13.3. The quantitative estimate of drug-likeness (QED) is 0.748. The number of hydrogen-bond donors (Lipinski definition) is 0. The van der Waals surface area contributed by atoms with E-state index in [4.69, 9.17) is 4.74 Å². The average Bonchev–Trinajstić information content (AvgIpc) is 3.58. The summed E-state index contributed by atoms with van der Waals surface area (Å²) in [6.45, 7) is 4.48. The number of carbonyl (C=O) groups is 2. The summed E-state index contributed by atoms with van der Waals surface area (Å²) in [6, 6.07) is 8.00. The molecule has 1 aliphatic carbocycles. The highest BCUT2D eigenvalue weighted by atomic mass is 16.5. The molecule has 0 N–H and O–H groups in total. The van der Waals surface area contributed by atoms with Gasteiger partial charge in [0.15, 0.2) is 0 Å². The monoisotopic (exact) mass is 385 g/mol. The van der Waals surface area contributed by atoms with Gasteiger partial charge < -0.3 is 19.4 Å². The molecule has 2 amide bonds. The van der Waals surface area contributed by atoms with Crippen molar-refractivity contribution in [1.82, 2.24) is 9.80 Å². The summed E-state index contributed by atoms with van der Waals surface area (Å²) in [4.78, 5) is 32.5. The standard InChI is InChI=1S/C22H31N3O3/c1-28-19-9-5-4-8-18(19)23-14-16-25(17-15-23)21(27)22(10-11-22)20(26)24-12-6-2-3-7-13-24/h4-5,8-9H,2-3,6-7,10-17H2,1H3. The van der Waals surface area contributed by atoms with Crippen molar-refractivity contribution in [3.05, 3.63) is 24.3 Å². The van der Waals surface area contributed by atoms with Crippen LogP contribution in [0, 0.1) is 5.41 Å². The Bertz CT molecular complexity index is 715. The van der Waals surface area contributed by atoms with Crippen molar-refractivity contribution >= 4 is 17.5 Å². The van der Waals surface area contributed by atoms with Gasteiger partial charge in [-0.1, -0.05) is 25.0 Å². The molecule has 0 bridgehead atoms. The summed E-state index contributed by atoms with van der Waals surface area (Å²) in [6.07, 6.45) is 5.94. The lowest BCUT2D eigenvalue weighted by Crippen LogP contribution is -2.54. The normalized spacial score (nSPS) is 21.8. The Morgan fingerprint density at radius 2 is 1.39 bits per heavy atom. The van der Waals surface area contributed by atoms with Crippen molar-refractivity contribution < 1.29 is 14.3 Å². The van der Waals surface area contributed by atoms with Crippen molar-refractivity contribution in [3.8, 4) is 5.75 Å². The Hall–Kier alpha value is -2.24. The number of para-hydroxylation sites is 2. The van der Waals surface area contributed by atoms with Crippen LogP contribution in [-0.2, 0) is 9.59 Å². The van der Waals surface area contributed by atoms with Gasteiger partial charge in [-0.25, -0.2) is 0 Å². The Morgan fingerprint density at radius 3 is 1.96 bits per heavy atom. The summed E-state index contributed by atoms with van der Waals surface area (Å²) in [5.74, 6) is 1.00. The van der Waals surface area contributed by atoms with E-state index in [0.717, 1.165) is 50.5 Å². The van der Waals surface area contributed by atoms with Gasteiger partial charge in [-0.3, -0.25) is 9.59 Å². The fourth-order valence-corrected chi connectivity index (χ4v) is 4.56. The van der Waals surface area contributed by atoms with E-state index >= 15 is 0 Å². The molecule has 2 saturated heterocycles. The molecule has 1 aromatic rings. The van der Waals surface area contributed by atoms with Crippen LogP contribution in [0.3, 0.4) is 0 Å². The number of hydrogen-bond acceptors (Lipinski definition) is 4. The molecule has 2 heterocycles. The van der Waals surface area contributed by atoms with Crippen molar-refractivity contribution in [2.45, 2.75) is 38.5 Å². The van der Waals surface area contributed by atoms with Gasteiger partial charge in [0.1, 0.15) is 11.2 Å². The Kier molecular flexibility index (Phi) is 5.47. The lowest BCUT2D eigenvalue weighted by Gasteiger charge is -2.38. The number of carbonyl (C=O) groups excluding carboxylic acids is 2. The zero-order chi connectivity index (χ0) is 19.6. The lowest BCUT2D eigenvalue weighted by atomic mass is 10.0. The van der Waals surface area contributed by atoms with Crippen LogP contribution in [0.15, 0.2) is 24.3 Å². The minimum absolute atomic E-state index is 0.0569. The molecule has 0 aromatic heterocycles. The van der Waals surface area contributed by atoms with Crippen LogP contribution in [0.25, 0.3) is 0 Å². The second-order valence-electron chi connectivity index (χ2n) is 8.24. The molecule has 0 spiro atoms. The van der Waals surface area contributed by atoms with E-state index in [0.29, 0.717) is 25.9 Å². The summed E-state index contributed by atoms with van der Waals surface area (Å²) < 4.78 is 5.47. The third kappa shape index (κ3) is 3.56. The second kappa shape index (κ2) is 8.02. The lowest BCUT2D eigenvalue weighted by molar-refractivity contribution is -0.149. The van der Waals surface area contributed by atoms with Gasteiger partial charge in [0.25, 0.3) is 0 Å². The molecule has 3 aliphatic rings. The number of nitrogens with zero attached hydrogens (tertiary/aromatic N) is 3. The van der Waals surface area contributed by atoms with Crippen LogP contribution in [0.1, 0.15) is 38.5 Å². The first-order valence-electron chi connectivity index (χ1n) is 10.6. The molecule has 152 valence electrons. The summed E-state index contributed by atoms with van der Waals surface area (Å²) >= 11 is 0. The first kappa shape index (κ1) is 19.1. The molecule has 3 fully saturated rings. The fraction of sp³-hybridized carbons (Fsp3) is 0.636. The summed E-state index contributed by atoms with van der Waals surface area (Å²) in [7, 11) is 1.68. The maximum Gasteiger partial charge on any atom is 0.238 e. The number of piperazine rings is 1. The fourth-order valence-electron chi connectivity index (χ4n) is 4.56. The van der Waals surface area contributed by atoms with Gasteiger partial charge in [-0.05, 0) is 37.8 Å². The molecule has 1 saturated carbocycles. The molecule has 0 atom stereocenters. The summed E-state index contributed by atoms with van der Waals surface area (Å²) in [5, 5.41) is 0. The molecule has 0 radical (unpaired) electrons. The van der Waals surface area contributed by atoms with Crippen molar-refractivity contribution in [3.63, 3.8) is 0 Å².